The SMILES string of the molecule is CCC1CCCN1c1nccc(C(=N)N)n1. The van der Waals surface area contributed by atoms with Crippen molar-refractivity contribution in [3.63, 3.8) is 0 Å². The van der Waals surface area contributed by atoms with Crippen molar-refractivity contribution in [3.8, 4) is 0 Å². The van der Waals surface area contributed by atoms with Crippen LogP contribution < -0.4 is 10.6 Å². The van der Waals surface area contributed by atoms with E-state index < -0.39 is 0 Å². The highest BCUT2D eigenvalue weighted by Crippen LogP contribution is 2.23. The fourth-order valence-corrected chi connectivity index (χ4v) is 2.16. The van der Waals surface area contributed by atoms with Crippen molar-refractivity contribution in [1.82, 2.24) is 9.97 Å². The first-order chi connectivity index (χ1) is 7.72. The zero-order valence-corrected chi connectivity index (χ0v) is 9.48. The Morgan fingerprint density at radius 3 is 3.19 bits per heavy atom. The van der Waals surface area contributed by atoms with Gasteiger partial charge in [-0.3, -0.25) is 5.41 Å². The molecule has 1 atom stereocenters. The van der Waals surface area contributed by atoms with Gasteiger partial charge in [0.25, 0.3) is 0 Å². The molecule has 0 aliphatic carbocycles. The van der Waals surface area contributed by atoms with E-state index in [-0.39, 0.29) is 5.84 Å². The Labute approximate surface area is 95.2 Å². The van der Waals surface area contributed by atoms with Crippen LogP contribution >= 0.6 is 0 Å². The maximum absolute atomic E-state index is 7.37. The van der Waals surface area contributed by atoms with Crippen molar-refractivity contribution in [1.29, 1.82) is 5.41 Å². The minimum atomic E-state index is -0.00380. The topological polar surface area (TPSA) is 78.9 Å². The molecule has 0 radical (unpaired) electrons. The summed E-state index contributed by atoms with van der Waals surface area (Å²) >= 11 is 0. The Bertz CT molecular complexity index is 390. The predicted molar refractivity (Wildman–Crippen MR) is 63.7 cm³/mol. The molecule has 16 heavy (non-hydrogen) atoms. The molecule has 5 nitrogen and oxygen atoms in total. The molecule has 1 saturated heterocycles. The van der Waals surface area contributed by atoms with Gasteiger partial charge < -0.3 is 10.6 Å². The van der Waals surface area contributed by atoms with Gasteiger partial charge in [0.2, 0.25) is 5.95 Å². The van der Waals surface area contributed by atoms with Crippen molar-refractivity contribution in [2.75, 3.05) is 11.4 Å². The van der Waals surface area contributed by atoms with E-state index in [9.17, 15) is 0 Å². The molecule has 1 aromatic rings. The largest absolute Gasteiger partial charge is 0.382 e. The number of hydrogen-bond acceptors (Lipinski definition) is 4. The van der Waals surface area contributed by atoms with Gasteiger partial charge in [-0.2, -0.15) is 0 Å². The van der Waals surface area contributed by atoms with Gasteiger partial charge in [-0.25, -0.2) is 9.97 Å². The van der Waals surface area contributed by atoms with Crippen molar-refractivity contribution in [2.45, 2.75) is 32.2 Å². The second-order valence-corrected chi connectivity index (χ2v) is 4.05. The van der Waals surface area contributed by atoms with Crippen LogP contribution in [0.5, 0.6) is 0 Å². The van der Waals surface area contributed by atoms with Crippen LogP contribution in [0.15, 0.2) is 12.3 Å². The molecule has 2 rings (SSSR count). The van der Waals surface area contributed by atoms with Gasteiger partial charge in [-0.1, -0.05) is 6.92 Å². The van der Waals surface area contributed by atoms with E-state index in [1.165, 1.54) is 12.8 Å². The lowest BCUT2D eigenvalue weighted by Crippen LogP contribution is -2.30. The Balaban J connectivity index is 2.26. The molecule has 1 aliphatic rings. The third-order valence-electron chi connectivity index (χ3n) is 3.02. The summed E-state index contributed by atoms with van der Waals surface area (Å²) in [6, 6.07) is 2.20. The zero-order chi connectivity index (χ0) is 11.5. The van der Waals surface area contributed by atoms with E-state index in [0.29, 0.717) is 17.7 Å². The highest BCUT2D eigenvalue weighted by atomic mass is 15.3. The summed E-state index contributed by atoms with van der Waals surface area (Å²) in [7, 11) is 0. The monoisotopic (exact) mass is 219 g/mol. The predicted octanol–water partition coefficient (Wildman–Crippen LogP) is 1.14. The third kappa shape index (κ3) is 1.98. The quantitative estimate of drug-likeness (QED) is 0.590. The lowest BCUT2D eigenvalue weighted by molar-refractivity contribution is 0.634. The smallest absolute Gasteiger partial charge is 0.226 e. The van der Waals surface area contributed by atoms with E-state index in [4.69, 9.17) is 11.1 Å². The van der Waals surface area contributed by atoms with Crippen LogP contribution in [0.2, 0.25) is 0 Å². The van der Waals surface area contributed by atoms with Crippen LogP contribution in [0, 0.1) is 5.41 Å². The van der Waals surface area contributed by atoms with E-state index >= 15 is 0 Å². The van der Waals surface area contributed by atoms with Crippen LogP contribution in [-0.4, -0.2) is 28.4 Å². The summed E-state index contributed by atoms with van der Waals surface area (Å²) < 4.78 is 0. The fourth-order valence-electron chi connectivity index (χ4n) is 2.16. The van der Waals surface area contributed by atoms with E-state index in [1.54, 1.807) is 12.3 Å². The molecule has 1 unspecified atom stereocenters. The molecule has 0 amide bonds. The normalized spacial score (nSPS) is 20.1. The first-order valence-corrected chi connectivity index (χ1v) is 5.66. The number of anilines is 1. The van der Waals surface area contributed by atoms with E-state index in [0.717, 1.165) is 13.0 Å². The van der Waals surface area contributed by atoms with Crippen LogP contribution in [0.4, 0.5) is 5.95 Å². The lowest BCUT2D eigenvalue weighted by Gasteiger charge is -2.23. The number of hydrogen-bond donors (Lipinski definition) is 2. The van der Waals surface area contributed by atoms with Gasteiger partial charge in [0.15, 0.2) is 0 Å². The number of nitrogens with one attached hydrogen (secondary N) is 1. The van der Waals surface area contributed by atoms with Gasteiger partial charge in [0.05, 0.1) is 0 Å². The molecule has 86 valence electrons. The maximum Gasteiger partial charge on any atom is 0.226 e. The average Bonchev–Trinajstić information content (AvgIpc) is 2.77. The second kappa shape index (κ2) is 4.47. The van der Waals surface area contributed by atoms with Crippen LogP contribution in [0.1, 0.15) is 31.9 Å². The van der Waals surface area contributed by atoms with Crippen LogP contribution in [0.25, 0.3) is 0 Å². The molecule has 0 spiro atoms. The fraction of sp³-hybridized carbons (Fsp3) is 0.545. The van der Waals surface area contributed by atoms with Gasteiger partial charge in [-0.15, -0.1) is 0 Å². The standard InChI is InChI=1S/C11H17N5/c1-2-8-4-3-7-16(8)11-14-6-5-9(15-11)10(12)13/h5-6,8H,2-4,7H2,1H3,(H3,12,13). The summed E-state index contributed by atoms with van der Waals surface area (Å²) in [6.07, 6.45) is 5.16. The van der Waals surface area contributed by atoms with Crippen LogP contribution in [0.3, 0.4) is 0 Å². The minimum Gasteiger partial charge on any atom is -0.382 e. The summed E-state index contributed by atoms with van der Waals surface area (Å²) in [4.78, 5) is 10.8. The number of nitrogens with two attached hydrogens (primary N) is 1. The third-order valence-corrected chi connectivity index (χ3v) is 3.02. The van der Waals surface area contributed by atoms with Crippen molar-refractivity contribution in [2.24, 2.45) is 5.73 Å². The molecule has 0 saturated carbocycles. The minimum absolute atomic E-state index is 0.00380. The molecule has 3 N–H and O–H groups in total. The Kier molecular flexibility index (Phi) is 3.03. The second-order valence-electron chi connectivity index (χ2n) is 4.05. The average molecular weight is 219 g/mol. The summed E-state index contributed by atoms with van der Waals surface area (Å²) in [6.45, 7) is 3.18. The first-order valence-electron chi connectivity index (χ1n) is 5.66. The molecule has 1 aromatic heterocycles. The van der Waals surface area contributed by atoms with E-state index in [1.807, 2.05) is 0 Å². The highest BCUT2D eigenvalue weighted by Gasteiger charge is 2.25. The molecule has 1 fully saturated rings. The molecular weight excluding hydrogens is 202 g/mol. The summed E-state index contributed by atoms with van der Waals surface area (Å²) in [5, 5.41) is 7.37. The van der Waals surface area contributed by atoms with E-state index in [2.05, 4.69) is 21.8 Å². The van der Waals surface area contributed by atoms with Crippen molar-refractivity contribution < 1.29 is 0 Å². The Hall–Kier alpha value is -1.65. The molecule has 1 aliphatic heterocycles. The van der Waals surface area contributed by atoms with Gasteiger partial charge in [-0.05, 0) is 25.3 Å². The highest BCUT2D eigenvalue weighted by molar-refractivity contribution is 5.93. The number of amidine groups is 1. The van der Waals surface area contributed by atoms with Gasteiger partial charge >= 0.3 is 0 Å². The van der Waals surface area contributed by atoms with Gasteiger partial charge in [0, 0.05) is 18.8 Å². The number of rotatable bonds is 3. The van der Waals surface area contributed by atoms with Crippen LogP contribution in [-0.2, 0) is 0 Å². The zero-order valence-electron chi connectivity index (χ0n) is 9.48. The number of nitrogen functional groups attached to an aromatic ring is 1. The molecule has 0 aromatic carbocycles. The van der Waals surface area contributed by atoms with Crippen molar-refractivity contribution >= 4 is 11.8 Å². The number of aromatic nitrogens is 2. The first kappa shape index (κ1) is 10.9. The van der Waals surface area contributed by atoms with Crippen molar-refractivity contribution in [3.05, 3.63) is 18.0 Å². The molecule has 0 bridgehead atoms. The molecule has 2 heterocycles. The molecular formula is C11H17N5. The maximum atomic E-state index is 7.37. The summed E-state index contributed by atoms with van der Waals surface area (Å²) in [5.41, 5.74) is 5.93. The van der Waals surface area contributed by atoms with Gasteiger partial charge in [0.1, 0.15) is 11.5 Å². The number of nitrogens with zero attached hydrogens (tertiary/aromatic N) is 3. The Morgan fingerprint density at radius 2 is 2.50 bits per heavy atom. The lowest BCUT2D eigenvalue weighted by atomic mass is 10.2. The summed E-state index contributed by atoms with van der Waals surface area (Å²) in [5.74, 6) is 0.702. The Morgan fingerprint density at radius 1 is 1.69 bits per heavy atom. The molecule has 5 heteroatoms.